The predicted octanol–water partition coefficient (Wildman–Crippen LogP) is 2.64. The van der Waals surface area contributed by atoms with E-state index >= 15 is 0 Å². The molecule has 0 aromatic carbocycles. The highest BCUT2D eigenvalue weighted by Crippen LogP contribution is 2.15. The Kier molecular flexibility index (Phi) is 4.43. The summed E-state index contributed by atoms with van der Waals surface area (Å²) < 4.78 is 11.2. The molecule has 2 rings (SSSR count). The maximum absolute atomic E-state index is 5.67. The van der Waals surface area contributed by atoms with Gasteiger partial charge in [-0.25, -0.2) is 0 Å². The summed E-state index contributed by atoms with van der Waals surface area (Å²) in [6, 6.07) is 4.03. The third-order valence-electron chi connectivity index (χ3n) is 3.01. The number of ether oxygens (including phenoxy) is 1. The minimum Gasteiger partial charge on any atom is -0.465 e. The van der Waals surface area contributed by atoms with Crippen molar-refractivity contribution in [2.45, 2.75) is 45.3 Å². The number of aryl methyl sites for hydroxylation is 1. The fraction of sp³-hybridized carbons (Fsp3) is 0.692. The van der Waals surface area contributed by atoms with Gasteiger partial charge in [0.05, 0.1) is 12.6 Å². The Morgan fingerprint density at radius 3 is 3.00 bits per heavy atom. The van der Waals surface area contributed by atoms with Crippen molar-refractivity contribution in [2.75, 3.05) is 13.2 Å². The van der Waals surface area contributed by atoms with E-state index in [1.54, 1.807) is 0 Å². The van der Waals surface area contributed by atoms with Crippen LogP contribution in [0.25, 0.3) is 0 Å². The summed E-state index contributed by atoms with van der Waals surface area (Å²) >= 11 is 0. The third kappa shape index (κ3) is 3.65. The Morgan fingerprint density at radius 1 is 1.38 bits per heavy atom. The Bertz CT molecular complexity index is 303. The molecule has 1 aliphatic rings. The Hall–Kier alpha value is -0.800. The molecule has 1 aromatic rings. The molecule has 1 N–H and O–H groups in total. The van der Waals surface area contributed by atoms with E-state index in [1.165, 1.54) is 19.3 Å². The van der Waals surface area contributed by atoms with Crippen molar-refractivity contribution in [3.63, 3.8) is 0 Å². The fourth-order valence-electron chi connectivity index (χ4n) is 2.09. The van der Waals surface area contributed by atoms with Gasteiger partial charge in [-0.2, -0.15) is 0 Å². The number of furan rings is 1. The van der Waals surface area contributed by atoms with Gasteiger partial charge >= 0.3 is 0 Å². The van der Waals surface area contributed by atoms with Crippen molar-refractivity contribution in [1.82, 2.24) is 5.32 Å². The zero-order valence-corrected chi connectivity index (χ0v) is 10.00. The number of rotatable bonds is 5. The molecular weight excluding hydrogens is 202 g/mol. The first-order valence-electron chi connectivity index (χ1n) is 6.22. The van der Waals surface area contributed by atoms with Gasteiger partial charge in [-0.05, 0) is 51.3 Å². The summed E-state index contributed by atoms with van der Waals surface area (Å²) in [6.07, 6.45) is 5.36. The number of hydrogen-bond donors (Lipinski definition) is 1. The summed E-state index contributed by atoms with van der Waals surface area (Å²) in [5.41, 5.74) is 0. The number of hydrogen-bond acceptors (Lipinski definition) is 3. The molecule has 1 unspecified atom stereocenters. The zero-order valence-electron chi connectivity index (χ0n) is 10.00. The Morgan fingerprint density at radius 2 is 2.31 bits per heavy atom. The first kappa shape index (κ1) is 11.7. The maximum atomic E-state index is 5.67. The molecule has 3 heteroatoms. The van der Waals surface area contributed by atoms with Crippen LogP contribution >= 0.6 is 0 Å². The van der Waals surface area contributed by atoms with Crippen LogP contribution in [0.15, 0.2) is 16.5 Å². The first-order valence-corrected chi connectivity index (χ1v) is 6.22. The molecule has 16 heavy (non-hydrogen) atoms. The van der Waals surface area contributed by atoms with Crippen molar-refractivity contribution in [1.29, 1.82) is 0 Å². The van der Waals surface area contributed by atoms with Gasteiger partial charge in [0.1, 0.15) is 11.5 Å². The Labute approximate surface area is 97.2 Å². The first-order chi connectivity index (χ1) is 7.84. The highest BCUT2D eigenvalue weighted by atomic mass is 16.5. The van der Waals surface area contributed by atoms with E-state index < -0.39 is 0 Å². The molecule has 1 atom stereocenters. The highest BCUT2D eigenvalue weighted by molar-refractivity contribution is 5.04. The maximum Gasteiger partial charge on any atom is 0.117 e. The van der Waals surface area contributed by atoms with Crippen LogP contribution < -0.4 is 5.32 Å². The summed E-state index contributed by atoms with van der Waals surface area (Å²) in [4.78, 5) is 0. The average Bonchev–Trinajstić information content (AvgIpc) is 2.72. The van der Waals surface area contributed by atoms with Crippen molar-refractivity contribution in [3.8, 4) is 0 Å². The molecule has 0 spiro atoms. The zero-order chi connectivity index (χ0) is 11.2. The van der Waals surface area contributed by atoms with Crippen LogP contribution in [-0.4, -0.2) is 19.3 Å². The van der Waals surface area contributed by atoms with Gasteiger partial charge in [0.15, 0.2) is 0 Å². The standard InChI is InChI=1S/C13H21NO2/c1-11-5-6-13(16-11)10-14-8-7-12-4-2-3-9-15-12/h5-6,12,14H,2-4,7-10H2,1H3. The molecule has 1 aliphatic heterocycles. The van der Waals surface area contributed by atoms with E-state index in [9.17, 15) is 0 Å². The molecule has 2 heterocycles. The van der Waals surface area contributed by atoms with Crippen LogP contribution in [-0.2, 0) is 11.3 Å². The monoisotopic (exact) mass is 223 g/mol. The van der Waals surface area contributed by atoms with Gasteiger partial charge in [-0.15, -0.1) is 0 Å². The average molecular weight is 223 g/mol. The Balaban J connectivity index is 1.57. The van der Waals surface area contributed by atoms with E-state index in [0.29, 0.717) is 6.10 Å². The van der Waals surface area contributed by atoms with E-state index in [4.69, 9.17) is 9.15 Å². The summed E-state index contributed by atoms with van der Waals surface area (Å²) in [7, 11) is 0. The minimum atomic E-state index is 0.472. The molecule has 0 radical (unpaired) electrons. The number of nitrogens with one attached hydrogen (secondary N) is 1. The highest BCUT2D eigenvalue weighted by Gasteiger charge is 2.12. The summed E-state index contributed by atoms with van der Waals surface area (Å²) in [5.74, 6) is 1.99. The van der Waals surface area contributed by atoms with E-state index in [0.717, 1.165) is 37.6 Å². The lowest BCUT2D eigenvalue weighted by Crippen LogP contribution is -2.25. The molecule has 1 saturated heterocycles. The van der Waals surface area contributed by atoms with Crippen LogP contribution in [0.3, 0.4) is 0 Å². The molecular formula is C13H21NO2. The van der Waals surface area contributed by atoms with Crippen LogP contribution in [0.2, 0.25) is 0 Å². The molecule has 3 nitrogen and oxygen atoms in total. The molecule has 90 valence electrons. The van der Waals surface area contributed by atoms with Gasteiger partial charge < -0.3 is 14.5 Å². The van der Waals surface area contributed by atoms with Gasteiger partial charge in [0, 0.05) is 6.61 Å². The largest absolute Gasteiger partial charge is 0.465 e. The fourth-order valence-corrected chi connectivity index (χ4v) is 2.09. The lowest BCUT2D eigenvalue weighted by molar-refractivity contribution is 0.0115. The summed E-state index contributed by atoms with van der Waals surface area (Å²) in [6.45, 7) is 4.74. The van der Waals surface area contributed by atoms with Gasteiger partial charge in [-0.3, -0.25) is 0 Å². The van der Waals surface area contributed by atoms with E-state index in [2.05, 4.69) is 5.32 Å². The van der Waals surface area contributed by atoms with Crippen LogP contribution in [0.5, 0.6) is 0 Å². The van der Waals surface area contributed by atoms with Crippen LogP contribution in [0, 0.1) is 6.92 Å². The smallest absolute Gasteiger partial charge is 0.117 e. The molecule has 0 aliphatic carbocycles. The van der Waals surface area contributed by atoms with Gasteiger partial charge in [-0.1, -0.05) is 0 Å². The predicted molar refractivity (Wildman–Crippen MR) is 63.4 cm³/mol. The lowest BCUT2D eigenvalue weighted by Gasteiger charge is -2.22. The topological polar surface area (TPSA) is 34.4 Å². The van der Waals surface area contributed by atoms with Crippen molar-refractivity contribution < 1.29 is 9.15 Å². The van der Waals surface area contributed by atoms with E-state index in [-0.39, 0.29) is 0 Å². The molecule has 1 fully saturated rings. The normalized spacial score (nSPS) is 21.2. The van der Waals surface area contributed by atoms with Crippen LogP contribution in [0.4, 0.5) is 0 Å². The lowest BCUT2D eigenvalue weighted by atomic mass is 10.1. The van der Waals surface area contributed by atoms with Gasteiger partial charge in [0.25, 0.3) is 0 Å². The minimum absolute atomic E-state index is 0.472. The second-order valence-corrected chi connectivity index (χ2v) is 4.47. The quantitative estimate of drug-likeness (QED) is 0.779. The van der Waals surface area contributed by atoms with Crippen LogP contribution in [0.1, 0.15) is 37.2 Å². The van der Waals surface area contributed by atoms with Crippen molar-refractivity contribution in [3.05, 3.63) is 23.7 Å². The molecule has 1 aromatic heterocycles. The van der Waals surface area contributed by atoms with E-state index in [1.807, 2.05) is 19.1 Å². The molecule has 0 bridgehead atoms. The second kappa shape index (κ2) is 6.06. The molecule has 0 amide bonds. The SMILES string of the molecule is Cc1ccc(CNCCC2CCCCO2)o1. The molecule has 0 saturated carbocycles. The summed E-state index contributed by atoms with van der Waals surface area (Å²) in [5, 5.41) is 3.39. The van der Waals surface area contributed by atoms with Crippen molar-refractivity contribution in [2.24, 2.45) is 0 Å². The van der Waals surface area contributed by atoms with Crippen molar-refractivity contribution >= 4 is 0 Å². The van der Waals surface area contributed by atoms with Gasteiger partial charge in [0.2, 0.25) is 0 Å². The third-order valence-corrected chi connectivity index (χ3v) is 3.01. The second-order valence-electron chi connectivity index (χ2n) is 4.47.